The van der Waals surface area contributed by atoms with E-state index < -0.39 is 0 Å². The SMILES string of the molecule is CC.CC(=O)c1ccc(C2=C(C(C)n3nc(C)c4c(N)ncnc43)COc3ccccc32)s1. The van der Waals surface area contributed by atoms with Crippen LogP contribution in [0.15, 0.2) is 48.3 Å². The number of anilines is 1. The van der Waals surface area contributed by atoms with Gasteiger partial charge in [-0.05, 0) is 39.0 Å². The minimum atomic E-state index is -0.142. The summed E-state index contributed by atoms with van der Waals surface area (Å²) in [5.41, 5.74) is 10.7. The van der Waals surface area contributed by atoms with Crippen molar-refractivity contribution in [2.24, 2.45) is 0 Å². The van der Waals surface area contributed by atoms with E-state index in [1.807, 2.05) is 55.8 Å². The normalized spacial score (nSPS) is 13.7. The van der Waals surface area contributed by atoms with Crippen LogP contribution in [-0.4, -0.2) is 32.1 Å². The minimum absolute atomic E-state index is 0.0627. The Bertz CT molecular complexity index is 1370. The molecule has 8 heteroatoms. The average molecular weight is 462 g/mol. The predicted octanol–water partition coefficient (Wildman–Crippen LogP) is 5.46. The number of hydrogen-bond donors (Lipinski definition) is 1. The summed E-state index contributed by atoms with van der Waals surface area (Å²) < 4.78 is 7.99. The standard InChI is InChI=1S/C23H21N5O2S.C2H6/c1-12-20-22(24)25-11-26-23(20)28(27-12)13(2)16-10-30-17-7-5-4-6-15(17)21(16)19-9-8-18(31-19)14(3)29;1-2/h4-9,11,13H,10H2,1-3H3,(H2,24,25,26);1-2H3. The monoisotopic (exact) mass is 461 g/mol. The number of benzene rings is 1. The molecule has 0 fully saturated rings. The van der Waals surface area contributed by atoms with Gasteiger partial charge in [0.25, 0.3) is 0 Å². The van der Waals surface area contributed by atoms with Gasteiger partial charge in [-0.25, -0.2) is 14.6 Å². The Kier molecular flexibility index (Phi) is 6.29. The van der Waals surface area contributed by atoms with Crippen molar-refractivity contribution in [3.8, 4) is 5.75 Å². The number of ether oxygens (including phenoxy) is 1. The Hall–Kier alpha value is -3.52. The summed E-state index contributed by atoms with van der Waals surface area (Å²) in [4.78, 5) is 22.3. The summed E-state index contributed by atoms with van der Waals surface area (Å²) in [7, 11) is 0. The summed E-state index contributed by atoms with van der Waals surface area (Å²) in [5.74, 6) is 1.32. The maximum Gasteiger partial charge on any atom is 0.169 e. The molecule has 1 aliphatic heterocycles. The van der Waals surface area contributed by atoms with Crippen molar-refractivity contribution in [2.75, 3.05) is 12.3 Å². The van der Waals surface area contributed by atoms with Gasteiger partial charge in [0.05, 0.1) is 22.0 Å². The highest BCUT2D eigenvalue weighted by atomic mass is 32.1. The number of ketones is 1. The molecule has 2 N–H and O–H groups in total. The number of nitrogens with two attached hydrogens (primary N) is 1. The quantitative estimate of drug-likeness (QED) is 0.405. The fraction of sp³-hybridized carbons (Fsp3) is 0.280. The van der Waals surface area contributed by atoms with Crippen molar-refractivity contribution in [2.45, 2.75) is 40.7 Å². The van der Waals surface area contributed by atoms with Crippen LogP contribution in [0.2, 0.25) is 0 Å². The Labute approximate surface area is 196 Å². The third-order valence-corrected chi connectivity index (χ3v) is 6.83. The van der Waals surface area contributed by atoms with Gasteiger partial charge in [0.15, 0.2) is 11.4 Å². The number of aromatic nitrogens is 4. The number of fused-ring (bicyclic) bond motifs is 2. The van der Waals surface area contributed by atoms with Crippen molar-refractivity contribution >= 4 is 39.5 Å². The second-order valence-corrected chi connectivity index (χ2v) is 8.65. The minimum Gasteiger partial charge on any atom is -0.488 e. The first-order valence-electron chi connectivity index (χ1n) is 11.0. The van der Waals surface area contributed by atoms with Crippen molar-refractivity contribution < 1.29 is 9.53 Å². The van der Waals surface area contributed by atoms with Crippen molar-refractivity contribution in [3.63, 3.8) is 0 Å². The highest BCUT2D eigenvalue weighted by molar-refractivity contribution is 7.15. The number of thiophene rings is 1. The van der Waals surface area contributed by atoms with Gasteiger partial charge >= 0.3 is 0 Å². The van der Waals surface area contributed by atoms with Gasteiger partial charge in [0, 0.05) is 21.6 Å². The molecule has 0 bridgehead atoms. The van der Waals surface area contributed by atoms with Crippen LogP contribution < -0.4 is 10.5 Å². The van der Waals surface area contributed by atoms with Crippen molar-refractivity contribution in [1.82, 2.24) is 19.7 Å². The molecule has 1 atom stereocenters. The number of aryl methyl sites for hydroxylation is 1. The van der Waals surface area contributed by atoms with E-state index in [0.29, 0.717) is 18.1 Å². The molecule has 4 heterocycles. The van der Waals surface area contributed by atoms with Crippen LogP contribution in [0, 0.1) is 6.92 Å². The van der Waals surface area contributed by atoms with E-state index in [1.54, 1.807) is 6.92 Å². The molecule has 0 radical (unpaired) electrons. The topological polar surface area (TPSA) is 95.9 Å². The van der Waals surface area contributed by atoms with Gasteiger partial charge < -0.3 is 10.5 Å². The van der Waals surface area contributed by atoms with Gasteiger partial charge in [-0.15, -0.1) is 11.3 Å². The number of Topliss-reactive ketones (excluding diaryl/α,β-unsaturated/α-hetero) is 1. The van der Waals surface area contributed by atoms with E-state index in [1.165, 1.54) is 17.7 Å². The second-order valence-electron chi connectivity index (χ2n) is 7.57. The number of nitrogen functional groups attached to an aromatic ring is 1. The van der Waals surface area contributed by atoms with Crippen LogP contribution in [0.4, 0.5) is 5.82 Å². The first-order valence-corrected chi connectivity index (χ1v) is 11.8. The molecule has 0 saturated carbocycles. The fourth-order valence-electron chi connectivity index (χ4n) is 4.07. The van der Waals surface area contributed by atoms with Crippen LogP contribution in [0.3, 0.4) is 0 Å². The van der Waals surface area contributed by atoms with Gasteiger partial charge in [0.2, 0.25) is 0 Å². The second kappa shape index (κ2) is 9.15. The number of para-hydroxylation sites is 1. The van der Waals surface area contributed by atoms with Gasteiger partial charge in [-0.3, -0.25) is 4.79 Å². The van der Waals surface area contributed by atoms with Crippen LogP contribution >= 0.6 is 11.3 Å². The van der Waals surface area contributed by atoms with E-state index in [9.17, 15) is 4.79 Å². The van der Waals surface area contributed by atoms with Crippen LogP contribution in [-0.2, 0) is 0 Å². The summed E-state index contributed by atoms with van der Waals surface area (Å²) in [6.45, 7) is 10.00. The van der Waals surface area contributed by atoms with Crippen LogP contribution in [0.5, 0.6) is 5.75 Å². The van der Waals surface area contributed by atoms with Crippen molar-refractivity contribution in [1.29, 1.82) is 0 Å². The zero-order chi connectivity index (χ0) is 23.7. The van der Waals surface area contributed by atoms with Crippen LogP contribution in [0.25, 0.3) is 16.6 Å². The lowest BCUT2D eigenvalue weighted by molar-refractivity contribution is 0.102. The molecule has 1 aliphatic rings. The summed E-state index contributed by atoms with van der Waals surface area (Å²) >= 11 is 1.50. The van der Waals surface area contributed by atoms with E-state index in [0.717, 1.165) is 43.3 Å². The van der Waals surface area contributed by atoms with E-state index in [4.69, 9.17) is 15.6 Å². The van der Waals surface area contributed by atoms with Crippen LogP contribution in [0.1, 0.15) is 59.5 Å². The molecule has 3 aromatic heterocycles. The number of hydrogen-bond acceptors (Lipinski definition) is 7. The molecule has 0 spiro atoms. The molecule has 0 aliphatic carbocycles. The number of carbonyl (C=O) groups is 1. The lowest BCUT2D eigenvalue weighted by Crippen LogP contribution is -2.20. The molecular formula is C25H27N5O2S. The molecule has 1 aromatic carbocycles. The zero-order valence-electron chi connectivity index (χ0n) is 19.4. The van der Waals surface area contributed by atoms with Gasteiger partial charge in [-0.1, -0.05) is 32.0 Å². The molecule has 4 aromatic rings. The maximum atomic E-state index is 11.9. The molecular weight excluding hydrogens is 434 g/mol. The molecule has 5 rings (SSSR count). The lowest BCUT2D eigenvalue weighted by Gasteiger charge is -2.27. The van der Waals surface area contributed by atoms with E-state index in [-0.39, 0.29) is 11.8 Å². The van der Waals surface area contributed by atoms with Gasteiger partial charge in [-0.2, -0.15) is 5.10 Å². The maximum absolute atomic E-state index is 11.9. The molecule has 7 nitrogen and oxygen atoms in total. The number of rotatable bonds is 4. The largest absolute Gasteiger partial charge is 0.488 e. The fourth-order valence-corrected chi connectivity index (χ4v) is 5.06. The van der Waals surface area contributed by atoms with Crippen molar-refractivity contribution in [3.05, 3.63) is 69.3 Å². The Morgan fingerprint density at radius 3 is 2.67 bits per heavy atom. The first-order chi connectivity index (χ1) is 16.0. The smallest absolute Gasteiger partial charge is 0.169 e. The van der Waals surface area contributed by atoms with E-state index >= 15 is 0 Å². The highest BCUT2D eigenvalue weighted by Crippen LogP contribution is 2.43. The molecule has 0 amide bonds. The predicted molar refractivity (Wildman–Crippen MR) is 133 cm³/mol. The summed E-state index contributed by atoms with van der Waals surface area (Å²) in [6.07, 6.45) is 1.46. The lowest BCUT2D eigenvalue weighted by atomic mass is 9.92. The highest BCUT2D eigenvalue weighted by Gasteiger charge is 2.28. The third-order valence-electron chi connectivity index (χ3n) is 5.62. The average Bonchev–Trinajstić information content (AvgIpc) is 3.45. The molecule has 1 unspecified atom stereocenters. The Balaban J connectivity index is 0.00000126. The number of nitrogens with zero attached hydrogens (tertiary/aromatic N) is 4. The third kappa shape index (κ3) is 3.91. The zero-order valence-corrected chi connectivity index (χ0v) is 20.2. The Morgan fingerprint density at radius 1 is 1.18 bits per heavy atom. The summed E-state index contributed by atoms with van der Waals surface area (Å²) in [5, 5.41) is 5.50. The Morgan fingerprint density at radius 2 is 1.94 bits per heavy atom. The summed E-state index contributed by atoms with van der Waals surface area (Å²) in [6, 6.07) is 11.7. The molecule has 170 valence electrons. The molecule has 0 saturated heterocycles. The van der Waals surface area contributed by atoms with E-state index in [2.05, 4.69) is 23.0 Å². The first kappa shape index (κ1) is 22.7. The number of carbonyl (C=O) groups excluding carboxylic acids is 1. The molecule has 33 heavy (non-hydrogen) atoms. The van der Waals surface area contributed by atoms with Gasteiger partial charge in [0.1, 0.15) is 24.5 Å².